The molecule has 1 aromatic heterocycles. The summed E-state index contributed by atoms with van der Waals surface area (Å²) in [7, 11) is 0. The summed E-state index contributed by atoms with van der Waals surface area (Å²) in [5.74, 6) is 0.158. The number of alkyl halides is 3. The molecule has 1 saturated carbocycles. The fourth-order valence-electron chi connectivity index (χ4n) is 1.98. The van der Waals surface area contributed by atoms with Crippen LogP contribution >= 0.6 is 0 Å². The van der Waals surface area contributed by atoms with Gasteiger partial charge in [0, 0.05) is 6.20 Å². The third-order valence-corrected chi connectivity index (χ3v) is 2.90. The first-order valence-electron chi connectivity index (χ1n) is 5.44. The van der Waals surface area contributed by atoms with Crippen LogP contribution in [-0.2, 0) is 6.18 Å². The van der Waals surface area contributed by atoms with Gasteiger partial charge in [0.15, 0.2) is 0 Å². The number of halogens is 3. The molecule has 1 heterocycles. The fraction of sp³-hybridized carbons (Fsp3) is 0.545. The van der Waals surface area contributed by atoms with Crippen LogP contribution in [0.15, 0.2) is 18.3 Å². The third kappa shape index (κ3) is 2.88. The van der Waals surface area contributed by atoms with Crippen LogP contribution in [-0.4, -0.2) is 22.2 Å². The molecule has 6 heteroatoms. The van der Waals surface area contributed by atoms with Gasteiger partial charge in [-0.15, -0.1) is 0 Å². The molecule has 2 N–H and O–H groups in total. The SMILES string of the molecule is O[C@H]1CCC[C@@H]1Nc1cc(C(F)(F)F)ccn1. The minimum Gasteiger partial charge on any atom is -0.391 e. The molecule has 17 heavy (non-hydrogen) atoms. The maximum absolute atomic E-state index is 12.5. The van der Waals surface area contributed by atoms with E-state index in [1.807, 2.05) is 0 Å². The van der Waals surface area contributed by atoms with Crippen molar-refractivity contribution in [3.05, 3.63) is 23.9 Å². The zero-order valence-corrected chi connectivity index (χ0v) is 9.04. The number of pyridine rings is 1. The van der Waals surface area contributed by atoms with Crippen LogP contribution in [0.5, 0.6) is 0 Å². The van der Waals surface area contributed by atoms with Crippen LogP contribution in [0.1, 0.15) is 24.8 Å². The quantitative estimate of drug-likeness (QED) is 0.842. The van der Waals surface area contributed by atoms with Crippen molar-refractivity contribution in [2.75, 3.05) is 5.32 Å². The van der Waals surface area contributed by atoms with E-state index in [0.29, 0.717) is 6.42 Å². The van der Waals surface area contributed by atoms with Gasteiger partial charge in [-0.25, -0.2) is 4.98 Å². The lowest BCUT2D eigenvalue weighted by atomic mass is 10.2. The van der Waals surface area contributed by atoms with Crippen molar-refractivity contribution in [3.63, 3.8) is 0 Å². The van der Waals surface area contributed by atoms with E-state index in [9.17, 15) is 18.3 Å². The number of aliphatic hydroxyl groups excluding tert-OH is 1. The van der Waals surface area contributed by atoms with Crippen LogP contribution < -0.4 is 5.32 Å². The van der Waals surface area contributed by atoms with Gasteiger partial charge in [-0.05, 0) is 31.4 Å². The molecular weight excluding hydrogens is 233 g/mol. The summed E-state index contributed by atoms with van der Waals surface area (Å²) in [5.41, 5.74) is -0.734. The predicted octanol–water partition coefficient (Wildman–Crippen LogP) is 2.43. The number of nitrogens with one attached hydrogen (secondary N) is 1. The van der Waals surface area contributed by atoms with E-state index in [-0.39, 0.29) is 11.9 Å². The smallest absolute Gasteiger partial charge is 0.391 e. The highest BCUT2D eigenvalue weighted by molar-refractivity contribution is 5.40. The molecule has 0 radical (unpaired) electrons. The standard InChI is InChI=1S/C11H13F3N2O/c12-11(13,14)7-4-5-15-10(6-7)16-8-2-1-3-9(8)17/h4-6,8-9,17H,1-3H2,(H,15,16)/t8-,9-/m0/s1. The van der Waals surface area contributed by atoms with Gasteiger partial charge >= 0.3 is 6.18 Å². The summed E-state index contributed by atoms with van der Waals surface area (Å²) in [4.78, 5) is 3.83. The van der Waals surface area contributed by atoms with Gasteiger partial charge in [0.25, 0.3) is 0 Å². The Morgan fingerprint density at radius 1 is 1.35 bits per heavy atom. The van der Waals surface area contributed by atoms with E-state index in [0.717, 1.165) is 31.2 Å². The molecule has 3 nitrogen and oxygen atoms in total. The number of rotatable bonds is 2. The van der Waals surface area contributed by atoms with Gasteiger partial charge in [-0.2, -0.15) is 13.2 Å². The van der Waals surface area contributed by atoms with Gasteiger partial charge in [0.05, 0.1) is 17.7 Å². The highest BCUT2D eigenvalue weighted by atomic mass is 19.4. The van der Waals surface area contributed by atoms with E-state index in [1.54, 1.807) is 0 Å². The maximum Gasteiger partial charge on any atom is 0.416 e. The van der Waals surface area contributed by atoms with E-state index < -0.39 is 17.8 Å². The van der Waals surface area contributed by atoms with Crippen LogP contribution in [0.25, 0.3) is 0 Å². The summed E-state index contributed by atoms with van der Waals surface area (Å²) in [6.07, 6.45) is -1.46. The molecule has 0 bridgehead atoms. The average Bonchev–Trinajstić information content (AvgIpc) is 2.64. The summed E-state index contributed by atoms with van der Waals surface area (Å²) in [5, 5.41) is 12.4. The Morgan fingerprint density at radius 2 is 2.12 bits per heavy atom. The highest BCUT2D eigenvalue weighted by Crippen LogP contribution is 2.30. The molecule has 0 amide bonds. The molecule has 1 aliphatic carbocycles. The molecule has 94 valence electrons. The largest absolute Gasteiger partial charge is 0.416 e. The Kier molecular flexibility index (Phi) is 3.24. The minimum absolute atomic E-state index is 0.158. The van der Waals surface area contributed by atoms with Crippen LogP contribution in [0.2, 0.25) is 0 Å². The Bertz CT molecular complexity index is 395. The second-order valence-corrected chi connectivity index (χ2v) is 4.18. The molecule has 0 aromatic carbocycles. The summed E-state index contributed by atoms with van der Waals surface area (Å²) in [6.45, 7) is 0. The zero-order valence-electron chi connectivity index (χ0n) is 9.04. The normalized spacial score (nSPS) is 24.9. The first-order valence-corrected chi connectivity index (χ1v) is 5.44. The summed E-state index contributed by atoms with van der Waals surface area (Å²) in [6, 6.07) is 1.69. The van der Waals surface area contributed by atoms with Crippen molar-refractivity contribution in [2.24, 2.45) is 0 Å². The number of hydrogen-bond acceptors (Lipinski definition) is 3. The number of anilines is 1. The average molecular weight is 246 g/mol. The Balaban J connectivity index is 2.11. The molecule has 0 unspecified atom stereocenters. The maximum atomic E-state index is 12.5. The monoisotopic (exact) mass is 246 g/mol. The molecule has 0 aliphatic heterocycles. The number of aliphatic hydroxyl groups is 1. The second kappa shape index (κ2) is 4.52. The Morgan fingerprint density at radius 3 is 2.71 bits per heavy atom. The lowest BCUT2D eigenvalue weighted by molar-refractivity contribution is -0.137. The summed E-state index contributed by atoms with van der Waals surface area (Å²) >= 11 is 0. The van der Waals surface area contributed by atoms with Crippen LogP contribution in [0.3, 0.4) is 0 Å². The van der Waals surface area contributed by atoms with Crippen molar-refractivity contribution >= 4 is 5.82 Å². The van der Waals surface area contributed by atoms with E-state index in [2.05, 4.69) is 10.3 Å². The van der Waals surface area contributed by atoms with Crippen molar-refractivity contribution in [2.45, 2.75) is 37.6 Å². The van der Waals surface area contributed by atoms with Crippen molar-refractivity contribution in [1.82, 2.24) is 4.98 Å². The Labute approximate surface area is 96.7 Å². The van der Waals surface area contributed by atoms with Gasteiger partial charge in [-0.3, -0.25) is 0 Å². The van der Waals surface area contributed by atoms with Crippen molar-refractivity contribution in [1.29, 1.82) is 0 Å². The molecular formula is C11H13F3N2O. The number of nitrogens with zero attached hydrogens (tertiary/aromatic N) is 1. The molecule has 2 atom stereocenters. The second-order valence-electron chi connectivity index (χ2n) is 4.18. The predicted molar refractivity (Wildman–Crippen MR) is 56.5 cm³/mol. The third-order valence-electron chi connectivity index (χ3n) is 2.90. The lowest BCUT2D eigenvalue weighted by Crippen LogP contribution is -2.28. The molecule has 0 saturated heterocycles. The Hall–Kier alpha value is -1.30. The molecule has 2 rings (SSSR count). The number of hydrogen-bond donors (Lipinski definition) is 2. The molecule has 1 fully saturated rings. The zero-order chi connectivity index (χ0) is 12.5. The van der Waals surface area contributed by atoms with E-state index >= 15 is 0 Å². The van der Waals surface area contributed by atoms with E-state index in [4.69, 9.17) is 0 Å². The molecule has 0 spiro atoms. The van der Waals surface area contributed by atoms with Crippen LogP contribution in [0, 0.1) is 0 Å². The van der Waals surface area contributed by atoms with Gasteiger partial charge in [-0.1, -0.05) is 0 Å². The van der Waals surface area contributed by atoms with Crippen molar-refractivity contribution < 1.29 is 18.3 Å². The van der Waals surface area contributed by atoms with Crippen molar-refractivity contribution in [3.8, 4) is 0 Å². The highest BCUT2D eigenvalue weighted by Gasteiger charge is 2.31. The topological polar surface area (TPSA) is 45.1 Å². The minimum atomic E-state index is -4.37. The van der Waals surface area contributed by atoms with Gasteiger partial charge < -0.3 is 10.4 Å². The van der Waals surface area contributed by atoms with Gasteiger partial charge in [0.1, 0.15) is 5.82 Å². The van der Waals surface area contributed by atoms with Crippen LogP contribution in [0.4, 0.5) is 19.0 Å². The van der Waals surface area contributed by atoms with E-state index in [1.165, 1.54) is 0 Å². The van der Waals surface area contributed by atoms with Gasteiger partial charge in [0.2, 0.25) is 0 Å². The first kappa shape index (κ1) is 12.2. The molecule has 1 aromatic rings. The fourth-order valence-corrected chi connectivity index (χ4v) is 1.98. The molecule has 1 aliphatic rings. The lowest BCUT2D eigenvalue weighted by Gasteiger charge is -2.17. The first-order chi connectivity index (χ1) is 7.97. The summed E-state index contributed by atoms with van der Waals surface area (Å²) < 4.78 is 37.4. The number of aromatic nitrogens is 1.